The molecule has 0 aliphatic carbocycles. The van der Waals surface area contributed by atoms with Crippen molar-refractivity contribution in [3.63, 3.8) is 0 Å². The van der Waals surface area contributed by atoms with Crippen LogP contribution >= 0.6 is 0 Å². The van der Waals surface area contributed by atoms with Gasteiger partial charge in [0.1, 0.15) is 12.1 Å². The number of aromatic nitrogens is 3. The van der Waals surface area contributed by atoms with Crippen molar-refractivity contribution in [2.24, 2.45) is 0 Å². The Hall–Kier alpha value is -4.37. The maximum Gasteiger partial charge on any atom is 0.573 e. The predicted molar refractivity (Wildman–Crippen MR) is 142 cm³/mol. The fourth-order valence-corrected chi connectivity index (χ4v) is 4.02. The molecule has 2 heterocycles. The van der Waals surface area contributed by atoms with Gasteiger partial charge >= 0.3 is 12.3 Å². The number of alkyl halides is 3. The highest BCUT2D eigenvalue weighted by Gasteiger charge is 2.34. The van der Waals surface area contributed by atoms with Gasteiger partial charge in [0.15, 0.2) is 11.6 Å². The highest BCUT2D eigenvalue weighted by Crippen LogP contribution is 2.31. The highest BCUT2D eigenvalue weighted by atomic mass is 19.4. The van der Waals surface area contributed by atoms with Gasteiger partial charge in [0, 0.05) is 37.2 Å². The van der Waals surface area contributed by atoms with Crippen LogP contribution < -0.4 is 20.1 Å². The van der Waals surface area contributed by atoms with Gasteiger partial charge in [0.25, 0.3) is 0 Å². The molecule has 0 saturated carbocycles. The molecule has 15 heteroatoms. The quantitative estimate of drug-likeness (QED) is 0.103. The average Bonchev–Trinajstić information content (AvgIpc) is 2.94. The largest absolute Gasteiger partial charge is 0.573 e. The number of rotatable bonds is 14. The summed E-state index contributed by atoms with van der Waals surface area (Å²) in [5, 5.41) is 16.5. The van der Waals surface area contributed by atoms with Crippen LogP contribution in [0.3, 0.4) is 0 Å². The van der Waals surface area contributed by atoms with E-state index in [4.69, 9.17) is 9.47 Å². The van der Waals surface area contributed by atoms with E-state index in [-0.39, 0.29) is 36.8 Å². The summed E-state index contributed by atoms with van der Waals surface area (Å²) in [6.07, 6.45) is -2.27. The second-order valence-corrected chi connectivity index (χ2v) is 8.94. The molecule has 0 unspecified atom stereocenters. The van der Waals surface area contributed by atoms with Gasteiger partial charge in [-0.25, -0.2) is 28.5 Å². The first-order chi connectivity index (χ1) is 20.1. The molecule has 10 nitrogen and oxygen atoms in total. The summed E-state index contributed by atoms with van der Waals surface area (Å²) in [6, 6.07) is 6.15. The number of nitrogens with zero attached hydrogens (tertiary/aromatic N) is 3. The Morgan fingerprint density at radius 3 is 2.45 bits per heavy atom. The maximum absolute atomic E-state index is 13.8. The van der Waals surface area contributed by atoms with Crippen LogP contribution in [0.25, 0.3) is 21.8 Å². The second kappa shape index (κ2) is 13.5. The Labute approximate surface area is 235 Å². The number of anilines is 1. The van der Waals surface area contributed by atoms with E-state index in [1.165, 1.54) is 12.1 Å². The summed E-state index contributed by atoms with van der Waals surface area (Å²) in [5.74, 6) is -4.87. The predicted octanol–water partition coefficient (Wildman–Crippen LogP) is 5.06. The molecule has 0 aliphatic heterocycles. The smallest absolute Gasteiger partial charge is 0.478 e. The molecule has 0 saturated heterocycles. The molecule has 4 aromatic rings. The van der Waals surface area contributed by atoms with Crippen LogP contribution in [0.4, 0.5) is 27.9 Å². The molecule has 2 aromatic heterocycles. The topological polar surface area (TPSA) is 128 Å². The van der Waals surface area contributed by atoms with Crippen molar-refractivity contribution < 1.29 is 46.1 Å². The van der Waals surface area contributed by atoms with Crippen LogP contribution in [0.15, 0.2) is 36.5 Å². The van der Waals surface area contributed by atoms with Crippen molar-refractivity contribution in [1.29, 1.82) is 0 Å². The first-order valence-electron chi connectivity index (χ1n) is 12.7. The van der Waals surface area contributed by atoms with E-state index in [1.54, 1.807) is 19.3 Å². The number of benzene rings is 2. The second-order valence-electron chi connectivity index (χ2n) is 8.94. The first-order valence-corrected chi connectivity index (χ1v) is 12.7. The van der Waals surface area contributed by atoms with Crippen molar-refractivity contribution in [2.75, 3.05) is 38.7 Å². The van der Waals surface area contributed by atoms with Crippen LogP contribution in [0.1, 0.15) is 28.8 Å². The summed E-state index contributed by atoms with van der Waals surface area (Å²) < 4.78 is 79.2. The Balaban J connectivity index is 1.22. The summed E-state index contributed by atoms with van der Waals surface area (Å²) in [5.41, 5.74) is 1.09. The van der Waals surface area contributed by atoms with Crippen molar-refractivity contribution in [3.05, 3.63) is 59.3 Å². The number of carbonyl (C=O) groups is 1. The molecular weight excluding hydrogens is 569 g/mol. The summed E-state index contributed by atoms with van der Waals surface area (Å²) >= 11 is 0. The van der Waals surface area contributed by atoms with Gasteiger partial charge in [-0.2, -0.15) is 0 Å². The lowest BCUT2D eigenvalue weighted by molar-refractivity contribution is -0.276. The lowest BCUT2D eigenvalue weighted by atomic mass is 10.1. The van der Waals surface area contributed by atoms with Crippen molar-refractivity contribution in [2.45, 2.75) is 25.7 Å². The zero-order chi connectivity index (χ0) is 30.3. The number of unbranched alkanes of at least 4 members (excludes halogenated alkanes) is 1. The SMILES string of the molecule is CNc1ncc2c(n1)c(OCCOCCCCNCc1cc(F)c(OC(F)(F)F)c(F)c1)nc1cc(C(=O)O)ccc12. The number of nitrogens with one attached hydrogen (secondary N) is 2. The van der Waals surface area contributed by atoms with E-state index in [0.29, 0.717) is 53.7 Å². The number of aromatic carboxylic acids is 1. The number of pyridine rings is 1. The molecule has 0 radical (unpaired) electrons. The highest BCUT2D eigenvalue weighted by molar-refractivity contribution is 6.07. The molecule has 4 rings (SSSR count). The van der Waals surface area contributed by atoms with Crippen LogP contribution in [0.2, 0.25) is 0 Å². The molecule has 0 amide bonds. The molecule has 224 valence electrons. The Kier molecular flexibility index (Phi) is 9.85. The van der Waals surface area contributed by atoms with Crippen LogP contribution in [-0.2, 0) is 11.3 Å². The molecule has 42 heavy (non-hydrogen) atoms. The number of ether oxygens (including phenoxy) is 3. The summed E-state index contributed by atoms with van der Waals surface area (Å²) in [6.45, 7) is 1.31. The third-order valence-electron chi connectivity index (χ3n) is 5.94. The molecule has 3 N–H and O–H groups in total. The zero-order valence-electron chi connectivity index (χ0n) is 22.2. The number of halogens is 5. The molecule has 0 bridgehead atoms. The monoisotopic (exact) mass is 595 g/mol. The van der Waals surface area contributed by atoms with Crippen LogP contribution in [0.5, 0.6) is 11.6 Å². The van der Waals surface area contributed by atoms with Crippen molar-refractivity contribution in [3.8, 4) is 11.6 Å². The number of carboxylic acid groups (broad SMARTS) is 1. The Bertz CT molecular complexity index is 1550. The van der Waals surface area contributed by atoms with Crippen LogP contribution in [0, 0.1) is 11.6 Å². The third kappa shape index (κ3) is 7.88. The minimum atomic E-state index is -5.20. The van der Waals surface area contributed by atoms with Gasteiger partial charge in [-0.3, -0.25) is 0 Å². The fourth-order valence-electron chi connectivity index (χ4n) is 4.02. The standard InChI is InChI=1S/C27H26F5N5O5/c1-33-26-35-14-18-17-5-4-16(25(38)39)12-21(17)36-24(22(18)37-26)41-9-8-40-7-3-2-6-34-13-15-10-19(28)23(20(29)11-15)42-27(30,31)32/h4-5,10-12,14,34H,2-3,6-9,13H2,1H3,(H,38,39)(H,33,35,37). The average molecular weight is 596 g/mol. The van der Waals surface area contributed by atoms with Gasteiger partial charge < -0.3 is 30.0 Å². The van der Waals surface area contributed by atoms with E-state index in [2.05, 4.69) is 30.3 Å². The number of carboxylic acids is 1. The van der Waals surface area contributed by atoms with E-state index in [0.717, 1.165) is 12.1 Å². The van der Waals surface area contributed by atoms with E-state index >= 15 is 0 Å². The van der Waals surface area contributed by atoms with Crippen LogP contribution in [-0.4, -0.2) is 65.8 Å². The minimum absolute atomic E-state index is 0.0499. The third-order valence-corrected chi connectivity index (χ3v) is 5.94. The van der Waals surface area contributed by atoms with E-state index in [1.807, 2.05) is 0 Å². The molecule has 0 aliphatic rings. The van der Waals surface area contributed by atoms with E-state index in [9.17, 15) is 31.9 Å². The Morgan fingerprint density at radius 1 is 1.00 bits per heavy atom. The minimum Gasteiger partial charge on any atom is -0.478 e. The van der Waals surface area contributed by atoms with Gasteiger partial charge in [0.05, 0.1) is 17.7 Å². The molecule has 0 atom stereocenters. The van der Waals surface area contributed by atoms with Gasteiger partial charge in [-0.15, -0.1) is 13.2 Å². The number of hydrogen-bond acceptors (Lipinski definition) is 9. The van der Waals surface area contributed by atoms with Gasteiger partial charge in [-0.05, 0) is 49.2 Å². The summed E-state index contributed by atoms with van der Waals surface area (Å²) in [4.78, 5) is 24.5. The molecule has 0 fully saturated rings. The Morgan fingerprint density at radius 2 is 1.76 bits per heavy atom. The van der Waals surface area contributed by atoms with Crippen molar-refractivity contribution >= 4 is 33.7 Å². The number of hydrogen-bond donors (Lipinski definition) is 3. The fraction of sp³-hybridized carbons (Fsp3) is 0.333. The summed E-state index contributed by atoms with van der Waals surface area (Å²) in [7, 11) is 1.67. The number of fused-ring (bicyclic) bond motifs is 3. The lowest BCUT2D eigenvalue weighted by Gasteiger charge is -2.12. The first kappa shape index (κ1) is 30.6. The lowest BCUT2D eigenvalue weighted by Crippen LogP contribution is -2.20. The van der Waals surface area contributed by atoms with Gasteiger partial charge in [0.2, 0.25) is 17.6 Å². The van der Waals surface area contributed by atoms with Gasteiger partial charge in [-0.1, -0.05) is 6.07 Å². The normalized spacial score (nSPS) is 11.7. The maximum atomic E-state index is 13.8. The molecule has 2 aromatic carbocycles. The molecular formula is C27H26F5N5O5. The zero-order valence-corrected chi connectivity index (χ0v) is 22.2. The van der Waals surface area contributed by atoms with E-state index < -0.39 is 29.7 Å². The van der Waals surface area contributed by atoms with Crippen molar-refractivity contribution in [1.82, 2.24) is 20.3 Å². The molecule has 0 spiro atoms.